The Hall–Kier alpha value is -1.33. The number of aromatic amines is 1. The third-order valence-corrected chi connectivity index (χ3v) is 3.17. The van der Waals surface area contributed by atoms with E-state index in [1.807, 2.05) is 6.07 Å². The van der Waals surface area contributed by atoms with Crippen molar-refractivity contribution >= 4 is 11.8 Å². The summed E-state index contributed by atoms with van der Waals surface area (Å²) in [6.07, 6.45) is 3.45. The fourth-order valence-corrected chi connectivity index (χ4v) is 2.15. The van der Waals surface area contributed by atoms with Crippen molar-refractivity contribution < 1.29 is 4.39 Å². The molecule has 1 unspecified atom stereocenters. The second-order valence-electron chi connectivity index (χ2n) is 3.37. The van der Waals surface area contributed by atoms with Gasteiger partial charge in [0.15, 0.2) is 5.16 Å². The molecule has 0 radical (unpaired) electrons. The highest BCUT2D eigenvalue weighted by Crippen LogP contribution is 2.20. The zero-order chi connectivity index (χ0) is 11.4. The van der Waals surface area contributed by atoms with Crippen molar-refractivity contribution in [3.8, 4) is 0 Å². The normalized spacial score (nSPS) is 12.6. The molecule has 2 aromatic rings. The fraction of sp³-hybridized carbons (Fsp3) is 0.182. The van der Waals surface area contributed by atoms with Crippen molar-refractivity contribution in [3.63, 3.8) is 0 Å². The summed E-state index contributed by atoms with van der Waals surface area (Å²) in [6, 6.07) is 6.19. The molecule has 1 aromatic carbocycles. The summed E-state index contributed by atoms with van der Waals surface area (Å²) >= 11 is 1.52. The zero-order valence-corrected chi connectivity index (χ0v) is 9.38. The molecule has 1 atom stereocenters. The number of halogens is 1. The number of aromatic nitrogens is 2. The molecule has 1 heterocycles. The summed E-state index contributed by atoms with van der Waals surface area (Å²) in [4.78, 5) is 7.05. The maximum absolute atomic E-state index is 13.0. The average molecular weight is 237 g/mol. The van der Waals surface area contributed by atoms with Crippen LogP contribution in [0.3, 0.4) is 0 Å². The van der Waals surface area contributed by atoms with Crippen LogP contribution < -0.4 is 5.73 Å². The first-order valence-electron chi connectivity index (χ1n) is 4.89. The molecule has 0 aliphatic rings. The minimum absolute atomic E-state index is 0.189. The molecule has 0 aliphatic heterocycles. The Kier molecular flexibility index (Phi) is 3.58. The van der Waals surface area contributed by atoms with Gasteiger partial charge in [-0.1, -0.05) is 23.9 Å². The molecule has 0 aliphatic carbocycles. The number of rotatable bonds is 4. The zero-order valence-electron chi connectivity index (χ0n) is 8.56. The second-order valence-corrected chi connectivity index (χ2v) is 4.38. The first-order valence-corrected chi connectivity index (χ1v) is 5.87. The van der Waals surface area contributed by atoms with Gasteiger partial charge < -0.3 is 10.7 Å². The van der Waals surface area contributed by atoms with E-state index >= 15 is 0 Å². The van der Waals surface area contributed by atoms with Gasteiger partial charge in [0.1, 0.15) is 5.82 Å². The maximum Gasteiger partial charge on any atom is 0.165 e. The van der Waals surface area contributed by atoms with Crippen LogP contribution in [-0.2, 0) is 0 Å². The van der Waals surface area contributed by atoms with Gasteiger partial charge >= 0.3 is 0 Å². The number of nitrogens with two attached hydrogens (primary N) is 1. The van der Waals surface area contributed by atoms with Crippen LogP contribution in [0.15, 0.2) is 41.8 Å². The van der Waals surface area contributed by atoms with E-state index < -0.39 is 0 Å². The molecule has 5 heteroatoms. The Morgan fingerprint density at radius 2 is 2.38 bits per heavy atom. The molecule has 0 saturated carbocycles. The van der Waals surface area contributed by atoms with Crippen molar-refractivity contribution in [2.75, 3.05) is 5.75 Å². The third-order valence-electron chi connectivity index (χ3n) is 2.15. The summed E-state index contributed by atoms with van der Waals surface area (Å²) in [5.41, 5.74) is 6.76. The number of hydrogen-bond acceptors (Lipinski definition) is 3. The Morgan fingerprint density at radius 1 is 1.50 bits per heavy atom. The largest absolute Gasteiger partial charge is 0.340 e. The predicted molar refractivity (Wildman–Crippen MR) is 62.6 cm³/mol. The molecule has 1 aromatic heterocycles. The van der Waals surface area contributed by atoms with E-state index in [0.717, 1.165) is 10.7 Å². The van der Waals surface area contributed by atoms with Crippen LogP contribution in [0, 0.1) is 5.82 Å². The first kappa shape index (κ1) is 11.2. The quantitative estimate of drug-likeness (QED) is 0.802. The molecule has 0 spiro atoms. The predicted octanol–water partition coefficient (Wildman–Crippen LogP) is 2.34. The molecular formula is C11H12FN3S. The summed E-state index contributed by atoms with van der Waals surface area (Å²) in [6.45, 7) is 0. The Balaban J connectivity index is 1.95. The van der Waals surface area contributed by atoms with Gasteiger partial charge in [0.2, 0.25) is 0 Å². The molecule has 16 heavy (non-hydrogen) atoms. The number of nitrogens with zero attached hydrogens (tertiary/aromatic N) is 1. The van der Waals surface area contributed by atoms with Crippen molar-refractivity contribution in [2.45, 2.75) is 11.2 Å². The molecule has 0 saturated heterocycles. The van der Waals surface area contributed by atoms with Crippen LogP contribution >= 0.6 is 11.8 Å². The number of imidazole rings is 1. The lowest BCUT2D eigenvalue weighted by molar-refractivity contribution is 0.622. The van der Waals surface area contributed by atoms with Crippen LogP contribution in [0.25, 0.3) is 0 Å². The molecular weight excluding hydrogens is 225 g/mol. The smallest absolute Gasteiger partial charge is 0.165 e. The van der Waals surface area contributed by atoms with Gasteiger partial charge in [-0.2, -0.15) is 0 Å². The van der Waals surface area contributed by atoms with Gasteiger partial charge in [-0.3, -0.25) is 0 Å². The van der Waals surface area contributed by atoms with E-state index in [4.69, 9.17) is 5.73 Å². The molecule has 0 fully saturated rings. The van der Waals surface area contributed by atoms with Crippen LogP contribution in [0.5, 0.6) is 0 Å². The lowest BCUT2D eigenvalue weighted by Gasteiger charge is -2.10. The fourth-order valence-electron chi connectivity index (χ4n) is 1.33. The van der Waals surface area contributed by atoms with Gasteiger partial charge in [-0.25, -0.2) is 9.37 Å². The van der Waals surface area contributed by atoms with E-state index in [2.05, 4.69) is 9.97 Å². The minimum atomic E-state index is -0.254. The molecule has 3 nitrogen and oxygen atoms in total. The van der Waals surface area contributed by atoms with Gasteiger partial charge in [0.25, 0.3) is 0 Å². The summed E-state index contributed by atoms with van der Waals surface area (Å²) < 4.78 is 13.0. The van der Waals surface area contributed by atoms with E-state index in [9.17, 15) is 4.39 Å². The molecule has 84 valence electrons. The van der Waals surface area contributed by atoms with Gasteiger partial charge in [-0.05, 0) is 17.7 Å². The average Bonchev–Trinajstić information content (AvgIpc) is 2.78. The lowest BCUT2D eigenvalue weighted by Crippen LogP contribution is -2.13. The number of nitrogens with one attached hydrogen (secondary N) is 1. The van der Waals surface area contributed by atoms with E-state index in [0.29, 0.717) is 5.75 Å². The van der Waals surface area contributed by atoms with Crippen molar-refractivity contribution in [1.82, 2.24) is 9.97 Å². The van der Waals surface area contributed by atoms with Crippen LogP contribution in [0.1, 0.15) is 11.6 Å². The summed E-state index contributed by atoms with van der Waals surface area (Å²) in [5.74, 6) is 0.410. The maximum atomic E-state index is 13.0. The third kappa shape index (κ3) is 2.84. The van der Waals surface area contributed by atoms with E-state index in [1.165, 1.54) is 23.9 Å². The molecule has 2 rings (SSSR count). The van der Waals surface area contributed by atoms with Crippen molar-refractivity contribution in [3.05, 3.63) is 48.0 Å². The van der Waals surface area contributed by atoms with Crippen molar-refractivity contribution in [2.24, 2.45) is 5.73 Å². The number of thioether (sulfide) groups is 1. The second kappa shape index (κ2) is 5.14. The van der Waals surface area contributed by atoms with Gasteiger partial charge in [0.05, 0.1) is 0 Å². The molecule has 0 amide bonds. The standard InChI is InChI=1S/C11H12FN3S/c12-9-3-1-2-8(6-9)10(13)7-16-11-14-4-5-15-11/h1-6,10H,7,13H2,(H,14,15). The summed E-state index contributed by atoms with van der Waals surface area (Å²) in [7, 11) is 0. The Bertz CT molecular complexity index is 444. The topological polar surface area (TPSA) is 54.7 Å². The number of H-pyrrole nitrogens is 1. The van der Waals surface area contributed by atoms with Crippen molar-refractivity contribution in [1.29, 1.82) is 0 Å². The highest BCUT2D eigenvalue weighted by molar-refractivity contribution is 7.99. The highest BCUT2D eigenvalue weighted by atomic mass is 32.2. The SMILES string of the molecule is NC(CSc1ncc[nH]1)c1cccc(F)c1. The minimum Gasteiger partial charge on any atom is -0.340 e. The Morgan fingerprint density at radius 3 is 3.06 bits per heavy atom. The molecule has 3 N–H and O–H groups in total. The number of benzene rings is 1. The van der Waals surface area contributed by atoms with Gasteiger partial charge in [-0.15, -0.1) is 0 Å². The highest BCUT2D eigenvalue weighted by Gasteiger charge is 2.08. The van der Waals surface area contributed by atoms with Crippen LogP contribution in [0.2, 0.25) is 0 Å². The first-order chi connectivity index (χ1) is 7.75. The summed E-state index contributed by atoms with van der Waals surface area (Å²) in [5, 5.41) is 0.826. The molecule has 0 bridgehead atoms. The lowest BCUT2D eigenvalue weighted by atomic mass is 10.1. The monoisotopic (exact) mass is 237 g/mol. The number of hydrogen-bond donors (Lipinski definition) is 2. The van der Waals surface area contributed by atoms with Crippen LogP contribution in [-0.4, -0.2) is 15.7 Å². The van der Waals surface area contributed by atoms with Gasteiger partial charge in [0, 0.05) is 24.2 Å². The Labute approximate surface area is 97.3 Å². The van der Waals surface area contributed by atoms with E-state index in [1.54, 1.807) is 18.5 Å². The van der Waals surface area contributed by atoms with Crippen LogP contribution in [0.4, 0.5) is 4.39 Å². The van der Waals surface area contributed by atoms with E-state index in [-0.39, 0.29) is 11.9 Å².